The lowest BCUT2D eigenvalue weighted by Crippen LogP contribution is -2.10. The van der Waals surface area contributed by atoms with Gasteiger partial charge in [-0.2, -0.15) is 8.42 Å². The zero-order valence-electron chi connectivity index (χ0n) is 11.0. The molecule has 106 valence electrons. The Balaban J connectivity index is 1.92. The van der Waals surface area contributed by atoms with Crippen molar-refractivity contribution >= 4 is 20.9 Å². The van der Waals surface area contributed by atoms with Crippen molar-refractivity contribution in [1.29, 1.82) is 0 Å². The molecular formula is C15H16O4S. The molecule has 1 aliphatic rings. The molecular weight excluding hydrogens is 276 g/mol. The molecule has 20 heavy (non-hydrogen) atoms. The lowest BCUT2D eigenvalue weighted by atomic mass is 10.1. The summed E-state index contributed by atoms with van der Waals surface area (Å²) in [6.07, 6.45) is 4.93. The van der Waals surface area contributed by atoms with Crippen molar-refractivity contribution < 1.29 is 17.7 Å². The van der Waals surface area contributed by atoms with E-state index in [1.807, 2.05) is 18.2 Å². The molecule has 2 aromatic rings. The average molecular weight is 292 g/mol. The van der Waals surface area contributed by atoms with Crippen LogP contribution in [0.2, 0.25) is 0 Å². The van der Waals surface area contributed by atoms with Gasteiger partial charge in [-0.3, -0.25) is 4.55 Å². The number of hydrogen-bond donors (Lipinski definition) is 1. The Bertz CT molecular complexity index is 731. The summed E-state index contributed by atoms with van der Waals surface area (Å²) in [6.45, 7) is 0. The third kappa shape index (κ3) is 2.78. The van der Waals surface area contributed by atoms with Crippen molar-refractivity contribution in [3.05, 3.63) is 36.4 Å². The smallest absolute Gasteiger partial charge is 0.294 e. The van der Waals surface area contributed by atoms with E-state index >= 15 is 0 Å². The molecule has 0 aliphatic heterocycles. The molecule has 0 radical (unpaired) electrons. The van der Waals surface area contributed by atoms with Crippen LogP contribution in [0.3, 0.4) is 0 Å². The van der Waals surface area contributed by atoms with Crippen LogP contribution in [0.1, 0.15) is 25.7 Å². The van der Waals surface area contributed by atoms with Gasteiger partial charge in [0.2, 0.25) is 0 Å². The molecule has 0 aromatic heterocycles. The summed E-state index contributed by atoms with van der Waals surface area (Å²) in [5.74, 6) is 0.809. The van der Waals surface area contributed by atoms with Gasteiger partial charge in [-0.05, 0) is 60.7 Å². The molecule has 4 nitrogen and oxygen atoms in total. The van der Waals surface area contributed by atoms with Gasteiger partial charge < -0.3 is 4.74 Å². The Labute approximate surface area is 118 Å². The van der Waals surface area contributed by atoms with E-state index in [9.17, 15) is 8.42 Å². The summed E-state index contributed by atoms with van der Waals surface area (Å²) in [6, 6.07) is 10.1. The Hall–Kier alpha value is -1.59. The second-order valence-electron chi connectivity index (χ2n) is 5.17. The van der Waals surface area contributed by atoms with Crippen molar-refractivity contribution in [2.45, 2.75) is 36.7 Å². The van der Waals surface area contributed by atoms with Gasteiger partial charge in [0.05, 0.1) is 11.0 Å². The first-order valence-electron chi connectivity index (χ1n) is 6.70. The van der Waals surface area contributed by atoms with Gasteiger partial charge in [0.15, 0.2) is 0 Å². The van der Waals surface area contributed by atoms with Crippen molar-refractivity contribution in [3.8, 4) is 5.75 Å². The van der Waals surface area contributed by atoms with E-state index in [1.165, 1.54) is 25.0 Å². The lowest BCUT2D eigenvalue weighted by molar-refractivity contribution is 0.210. The van der Waals surface area contributed by atoms with Gasteiger partial charge in [0, 0.05) is 0 Å². The predicted molar refractivity (Wildman–Crippen MR) is 76.6 cm³/mol. The van der Waals surface area contributed by atoms with Crippen LogP contribution < -0.4 is 4.74 Å². The maximum atomic E-state index is 11.1. The largest absolute Gasteiger partial charge is 0.490 e. The van der Waals surface area contributed by atoms with Crippen LogP contribution in [0.5, 0.6) is 5.75 Å². The predicted octanol–water partition coefficient (Wildman–Crippen LogP) is 3.41. The molecule has 0 heterocycles. The maximum Gasteiger partial charge on any atom is 0.294 e. The summed E-state index contributed by atoms with van der Waals surface area (Å²) in [4.78, 5) is -0.0885. The van der Waals surface area contributed by atoms with E-state index in [1.54, 1.807) is 6.07 Å². The Morgan fingerprint density at radius 2 is 1.65 bits per heavy atom. The molecule has 1 saturated carbocycles. The zero-order chi connectivity index (χ0) is 14.2. The number of fused-ring (bicyclic) bond motifs is 1. The molecule has 2 aromatic carbocycles. The van der Waals surface area contributed by atoms with Crippen LogP contribution in [0.25, 0.3) is 10.8 Å². The first-order chi connectivity index (χ1) is 9.52. The van der Waals surface area contributed by atoms with Crippen LogP contribution in [0, 0.1) is 0 Å². The molecule has 0 amide bonds. The first kappa shape index (κ1) is 13.4. The molecule has 1 N–H and O–H groups in total. The standard InChI is InChI=1S/C15H16O4S/c16-20(17,18)15-8-6-11-9-14(7-5-12(11)10-15)19-13-3-1-2-4-13/h5-10,13H,1-4H2,(H,16,17,18). The van der Waals surface area contributed by atoms with Crippen LogP contribution in [-0.2, 0) is 10.1 Å². The maximum absolute atomic E-state index is 11.1. The van der Waals surface area contributed by atoms with Gasteiger partial charge in [0.25, 0.3) is 10.1 Å². The van der Waals surface area contributed by atoms with E-state index in [0.29, 0.717) is 6.10 Å². The Kier molecular flexibility index (Phi) is 3.40. The quantitative estimate of drug-likeness (QED) is 0.881. The molecule has 0 atom stereocenters. The van der Waals surface area contributed by atoms with Gasteiger partial charge in [-0.1, -0.05) is 12.1 Å². The van der Waals surface area contributed by atoms with Crippen molar-refractivity contribution in [3.63, 3.8) is 0 Å². The first-order valence-corrected chi connectivity index (χ1v) is 8.14. The van der Waals surface area contributed by atoms with Crippen LogP contribution in [0.4, 0.5) is 0 Å². The van der Waals surface area contributed by atoms with Crippen molar-refractivity contribution in [2.24, 2.45) is 0 Å². The Morgan fingerprint density at radius 3 is 2.35 bits per heavy atom. The van der Waals surface area contributed by atoms with Crippen LogP contribution >= 0.6 is 0 Å². The summed E-state index contributed by atoms with van der Waals surface area (Å²) in [5.41, 5.74) is 0. The second-order valence-corrected chi connectivity index (χ2v) is 6.59. The van der Waals surface area contributed by atoms with Crippen LogP contribution in [0.15, 0.2) is 41.3 Å². The fraction of sp³-hybridized carbons (Fsp3) is 0.333. The highest BCUT2D eigenvalue weighted by atomic mass is 32.2. The molecule has 0 spiro atoms. The number of ether oxygens (including phenoxy) is 1. The van der Waals surface area contributed by atoms with Gasteiger partial charge >= 0.3 is 0 Å². The SMILES string of the molecule is O=S(=O)(O)c1ccc2cc(OC3CCCC3)ccc2c1. The highest BCUT2D eigenvalue weighted by molar-refractivity contribution is 7.85. The van der Waals surface area contributed by atoms with E-state index < -0.39 is 10.1 Å². The minimum absolute atomic E-state index is 0.0885. The summed E-state index contributed by atoms with van der Waals surface area (Å²) < 4.78 is 37.2. The number of rotatable bonds is 3. The Morgan fingerprint density at radius 1 is 1.00 bits per heavy atom. The molecule has 5 heteroatoms. The average Bonchev–Trinajstić information content (AvgIpc) is 2.90. The molecule has 1 aliphatic carbocycles. The zero-order valence-corrected chi connectivity index (χ0v) is 11.8. The highest BCUT2D eigenvalue weighted by Crippen LogP contribution is 2.27. The normalized spacial score (nSPS) is 16.6. The minimum Gasteiger partial charge on any atom is -0.490 e. The number of benzene rings is 2. The number of hydrogen-bond acceptors (Lipinski definition) is 3. The third-order valence-corrected chi connectivity index (χ3v) is 4.54. The summed E-state index contributed by atoms with van der Waals surface area (Å²) in [5, 5.41) is 1.66. The lowest BCUT2D eigenvalue weighted by Gasteiger charge is -2.13. The molecule has 0 unspecified atom stereocenters. The summed E-state index contributed by atoms with van der Waals surface area (Å²) in [7, 11) is -4.15. The fourth-order valence-corrected chi connectivity index (χ4v) is 3.15. The van der Waals surface area contributed by atoms with Crippen molar-refractivity contribution in [1.82, 2.24) is 0 Å². The molecule has 3 rings (SSSR count). The van der Waals surface area contributed by atoms with Gasteiger partial charge in [-0.25, -0.2) is 0 Å². The molecule has 0 saturated heterocycles. The molecule has 0 bridgehead atoms. The van der Waals surface area contributed by atoms with Crippen molar-refractivity contribution in [2.75, 3.05) is 0 Å². The van der Waals surface area contributed by atoms with Crippen LogP contribution in [-0.4, -0.2) is 19.1 Å². The summed E-state index contributed by atoms with van der Waals surface area (Å²) >= 11 is 0. The van der Waals surface area contributed by atoms with Gasteiger partial charge in [-0.15, -0.1) is 0 Å². The molecule has 1 fully saturated rings. The monoisotopic (exact) mass is 292 g/mol. The highest BCUT2D eigenvalue weighted by Gasteiger charge is 2.16. The third-order valence-electron chi connectivity index (χ3n) is 3.69. The van der Waals surface area contributed by atoms with E-state index in [0.717, 1.165) is 29.4 Å². The minimum atomic E-state index is -4.15. The van der Waals surface area contributed by atoms with E-state index in [-0.39, 0.29) is 4.90 Å². The second kappa shape index (κ2) is 5.07. The van der Waals surface area contributed by atoms with E-state index in [4.69, 9.17) is 9.29 Å². The fourth-order valence-electron chi connectivity index (χ4n) is 2.63. The topological polar surface area (TPSA) is 63.6 Å². The van der Waals surface area contributed by atoms with E-state index in [2.05, 4.69) is 0 Å². The van der Waals surface area contributed by atoms with Gasteiger partial charge in [0.1, 0.15) is 5.75 Å².